The minimum Gasteiger partial charge on any atom is -0.295 e. The van der Waals surface area contributed by atoms with Crippen LogP contribution < -0.4 is 0 Å². The zero-order chi connectivity index (χ0) is 13.8. The van der Waals surface area contributed by atoms with Crippen LogP contribution in [0.15, 0.2) is 15.4 Å². The number of halogens is 1. The summed E-state index contributed by atoms with van der Waals surface area (Å²) in [7, 11) is 2.12. The van der Waals surface area contributed by atoms with E-state index in [-0.39, 0.29) is 0 Å². The Hall–Kier alpha value is -0.720. The molecule has 0 atom stereocenters. The molecule has 19 heavy (non-hydrogen) atoms. The Morgan fingerprint density at radius 1 is 1.37 bits per heavy atom. The average molecular weight is 343 g/mol. The minimum atomic E-state index is 0.867. The number of hydrogen-bond acceptors (Lipinski definition) is 4. The molecule has 6 heteroatoms. The normalized spacial score (nSPS) is 11.4. The first-order valence-corrected chi connectivity index (χ1v) is 8.18. The maximum atomic E-state index is 4.63. The average Bonchev–Trinajstić information content (AvgIpc) is 2.99. The van der Waals surface area contributed by atoms with Gasteiger partial charge in [-0.15, -0.1) is 11.3 Å². The highest BCUT2D eigenvalue weighted by molar-refractivity contribution is 9.10. The molecule has 0 aliphatic carbocycles. The van der Waals surface area contributed by atoms with E-state index in [4.69, 9.17) is 0 Å². The lowest BCUT2D eigenvalue weighted by Crippen LogP contribution is -2.20. The summed E-state index contributed by atoms with van der Waals surface area (Å²) in [4.78, 5) is 6.59. The van der Waals surface area contributed by atoms with Crippen LogP contribution in [0.25, 0.3) is 0 Å². The third-order valence-corrected chi connectivity index (χ3v) is 4.58. The zero-order valence-electron chi connectivity index (χ0n) is 11.6. The second-order valence-corrected chi connectivity index (χ2v) is 6.04. The van der Waals surface area contributed by atoms with Gasteiger partial charge < -0.3 is 0 Å². The molecule has 0 aliphatic rings. The van der Waals surface area contributed by atoms with Crippen LogP contribution in [0, 0.1) is 0 Å². The lowest BCUT2D eigenvalue weighted by Gasteiger charge is -2.16. The molecule has 0 unspecified atom stereocenters. The van der Waals surface area contributed by atoms with Gasteiger partial charge in [0.05, 0.1) is 27.1 Å². The Morgan fingerprint density at radius 2 is 2.16 bits per heavy atom. The fourth-order valence-corrected chi connectivity index (χ4v) is 3.31. The van der Waals surface area contributed by atoms with Gasteiger partial charge in [-0.25, -0.2) is 4.98 Å². The number of nitrogens with zero attached hydrogens (tertiary/aromatic N) is 4. The highest BCUT2D eigenvalue weighted by Crippen LogP contribution is 2.23. The van der Waals surface area contributed by atoms with Crippen molar-refractivity contribution in [2.75, 3.05) is 7.05 Å². The maximum absolute atomic E-state index is 4.63. The van der Waals surface area contributed by atoms with Crippen LogP contribution in [0.2, 0.25) is 0 Å². The SMILES string of the molecule is CCc1nn(CC)c(CN(C)Cc2cscn2)c1Br. The Kier molecular flexibility index (Phi) is 5.13. The van der Waals surface area contributed by atoms with E-state index in [9.17, 15) is 0 Å². The highest BCUT2D eigenvalue weighted by atomic mass is 79.9. The molecule has 0 spiro atoms. The summed E-state index contributed by atoms with van der Waals surface area (Å²) in [6.45, 7) is 6.91. The molecule has 104 valence electrons. The van der Waals surface area contributed by atoms with Crippen molar-refractivity contribution in [3.05, 3.63) is 32.4 Å². The van der Waals surface area contributed by atoms with Crippen LogP contribution in [-0.2, 0) is 26.1 Å². The molecule has 2 aromatic rings. The molecular formula is C13H19BrN4S. The van der Waals surface area contributed by atoms with Gasteiger partial charge in [-0.1, -0.05) is 6.92 Å². The first kappa shape index (κ1) is 14.7. The predicted octanol–water partition coefficient (Wildman–Crippen LogP) is 3.32. The van der Waals surface area contributed by atoms with Gasteiger partial charge in [0.1, 0.15) is 0 Å². The van der Waals surface area contributed by atoms with E-state index >= 15 is 0 Å². The predicted molar refractivity (Wildman–Crippen MR) is 82.3 cm³/mol. The Balaban J connectivity index is 2.11. The van der Waals surface area contributed by atoms with Crippen LogP contribution in [0.3, 0.4) is 0 Å². The number of rotatable bonds is 6. The van der Waals surface area contributed by atoms with Crippen molar-refractivity contribution in [3.63, 3.8) is 0 Å². The maximum Gasteiger partial charge on any atom is 0.0795 e. The summed E-state index contributed by atoms with van der Waals surface area (Å²) in [5.74, 6) is 0. The number of thiazole rings is 1. The molecule has 0 aromatic carbocycles. The molecule has 0 amide bonds. The molecule has 2 rings (SSSR count). The van der Waals surface area contributed by atoms with Crippen molar-refractivity contribution < 1.29 is 0 Å². The van der Waals surface area contributed by atoms with Crippen molar-refractivity contribution in [2.24, 2.45) is 0 Å². The summed E-state index contributed by atoms with van der Waals surface area (Å²) >= 11 is 5.33. The fraction of sp³-hybridized carbons (Fsp3) is 0.538. The molecule has 0 bridgehead atoms. The second-order valence-electron chi connectivity index (χ2n) is 4.53. The minimum absolute atomic E-state index is 0.867. The fourth-order valence-electron chi connectivity index (χ4n) is 2.07. The zero-order valence-corrected chi connectivity index (χ0v) is 14.0. The van der Waals surface area contributed by atoms with E-state index in [0.717, 1.165) is 41.9 Å². The smallest absolute Gasteiger partial charge is 0.0795 e. The van der Waals surface area contributed by atoms with Crippen molar-refractivity contribution in [1.82, 2.24) is 19.7 Å². The molecule has 0 fully saturated rings. The van der Waals surface area contributed by atoms with Gasteiger partial charge in [0, 0.05) is 25.0 Å². The van der Waals surface area contributed by atoms with Gasteiger partial charge in [-0.3, -0.25) is 9.58 Å². The Morgan fingerprint density at radius 3 is 2.74 bits per heavy atom. The first-order chi connectivity index (χ1) is 9.15. The van der Waals surface area contributed by atoms with Gasteiger partial charge in [0.15, 0.2) is 0 Å². The highest BCUT2D eigenvalue weighted by Gasteiger charge is 2.15. The first-order valence-electron chi connectivity index (χ1n) is 6.45. The quantitative estimate of drug-likeness (QED) is 0.807. The molecule has 0 N–H and O–H groups in total. The monoisotopic (exact) mass is 342 g/mol. The molecule has 2 heterocycles. The topological polar surface area (TPSA) is 34.0 Å². The summed E-state index contributed by atoms with van der Waals surface area (Å²) in [5, 5.41) is 6.72. The van der Waals surface area contributed by atoms with Gasteiger partial charge >= 0.3 is 0 Å². The molecule has 0 saturated carbocycles. The third-order valence-electron chi connectivity index (χ3n) is 3.03. The lowest BCUT2D eigenvalue weighted by molar-refractivity contribution is 0.304. The Labute approximate surface area is 126 Å². The van der Waals surface area contributed by atoms with E-state index < -0.39 is 0 Å². The van der Waals surface area contributed by atoms with Gasteiger partial charge in [-0.05, 0) is 36.3 Å². The number of hydrogen-bond donors (Lipinski definition) is 0. The van der Waals surface area contributed by atoms with Crippen LogP contribution in [0.4, 0.5) is 0 Å². The van der Waals surface area contributed by atoms with E-state index in [1.54, 1.807) is 11.3 Å². The van der Waals surface area contributed by atoms with E-state index in [0.29, 0.717) is 0 Å². The number of aryl methyl sites for hydroxylation is 2. The molecule has 0 aliphatic heterocycles. The van der Waals surface area contributed by atoms with Crippen molar-refractivity contribution in [3.8, 4) is 0 Å². The molecular weight excluding hydrogens is 324 g/mol. The van der Waals surface area contributed by atoms with E-state index in [1.807, 2.05) is 5.51 Å². The van der Waals surface area contributed by atoms with Crippen LogP contribution in [0.1, 0.15) is 30.9 Å². The standard InChI is InChI=1S/C13H19BrN4S/c1-4-11-13(14)12(18(5-2)16-11)7-17(3)6-10-8-19-9-15-10/h8-9H,4-7H2,1-3H3. The van der Waals surface area contributed by atoms with Crippen LogP contribution >= 0.6 is 27.3 Å². The molecule has 2 aromatic heterocycles. The van der Waals surface area contributed by atoms with Crippen molar-refractivity contribution >= 4 is 27.3 Å². The van der Waals surface area contributed by atoms with Gasteiger partial charge in [0.25, 0.3) is 0 Å². The van der Waals surface area contributed by atoms with Crippen molar-refractivity contribution in [1.29, 1.82) is 0 Å². The Bertz CT molecular complexity index is 521. The summed E-state index contributed by atoms with van der Waals surface area (Å²) in [6, 6.07) is 0. The second kappa shape index (κ2) is 6.63. The molecule has 0 saturated heterocycles. The van der Waals surface area contributed by atoms with Gasteiger partial charge in [-0.2, -0.15) is 5.10 Å². The van der Waals surface area contributed by atoms with Crippen LogP contribution in [-0.4, -0.2) is 26.7 Å². The third kappa shape index (κ3) is 3.43. The summed E-state index contributed by atoms with van der Waals surface area (Å²) < 4.78 is 3.24. The van der Waals surface area contributed by atoms with Crippen molar-refractivity contribution in [2.45, 2.75) is 39.9 Å². The summed E-state index contributed by atoms with van der Waals surface area (Å²) in [5.41, 5.74) is 5.39. The largest absolute Gasteiger partial charge is 0.295 e. The van der Waals surface area contributed by atoms with E-state index in [1.165, 1.54) is 5.69 Å². The van der Waals surface area contributed by atoms with Crippen LogP contribution in [0.5, 0.6) is 0 Å². The van der Waals surface area contributed by atoms with E-state index in [2.05, 4.69) is 61.9 Å². The van der Waals surface area contributed by atoms with Gasteiger partial charge in [0.2, 0.25) is 0 Å². The molecule has 4 nitrogen and oxygen atoms in total. The lowest BCUT2D eigenvalue weighted by atomic mass is 10.3. The molecule has 0 radical (unpaired) electrons. The summed E-state index contributed by atoms with van der Waals surface area (Å²) in [6.07, 6.45) is 0.955. The number of aromatic nitrogens is 3.